The van der Waals surface area contributed by atoms with E-state index < -0.39 is 22.9 Å². The molecule has 8 nitrogen and oxygen atoms in total. The number of non-ortho nitro benzene ring substituents is 1. The van der Waals surface area contributed by atoms with Crippen LogP contribution in [0.2, 0.25) is 0 Å². The van der Waals surface area contributed by atoms with Crippen molar-refractivity contribution in [2.75, 3.05) is 12.9 Å². The average Bonchev–Trinajstić information content (AvgIpc) is 2.70. The zero-order valence-electron chi connectivity index (χ0n) is 15.4. The predicted molar refractivity (Wildman–Crippen MR) is 104 cm³/mol. The maximum atomic E-state index is 12.1. The Morgan fingerprint density at radius 2 is 1.86 bits per heavy atom. The molecule has 2 aromatic carbocycles. The Balaban J connectivity index is 1.77. The van der Waals surface area contributed by atoms with Gasteiger partial charge in [-0.1, -0.05) is 18.2 Å². The molecule has 28 heavy (non-hydrogen) atoms. The third kappa shape index (κ3) is 6.27. The summed E-state index contributed by atoms with van der Waals surface area (Å²) in [6.07, 6.45) is -0.945. The van der Waals surface area contributed by atoms with Crippen molar-refractivity contribution in [1.29, 1.82) is 0 Å². The molecule has 9 heteroatoms. The summed E-state index contributed by atoms with van der Waals surface area (Å²) in [6.45, 7) is 1.74. The lowest BCUT2D eigenvalue weighted by molar-refractivity contribution is -0.384. The number of carbonyl (C=O) groups is 2. The smallest absolute Gasteiger partial charge is 0.317 e. The van der Waals surface area contributed by atoms with Crippen molar-refractivity contribution in [2.45, 2.75) is 24.5 Å². The summed E-state index contributed by atoms with van der Waals surface area (Å²) in [5, 5.41) is 13.3. The Bertz CT molecular complexity index is 841. The minimum atomic E-state index is -0.945. The van der Waals surface area contributed by atoms with E-state index >= 15 is 0 Å². The van der Waals surface area contributed by atoms with E-state index in [1.54, 1.807) is 25.3 Å². The first-order chi connectivity index (χ1) is 13.4. The maximum Gasteiger partial charge on any atom is 0.317 e. The van der Waals surface area contributed by atoms with Crippen LogP contribution in [0, 0.1) is 10.1 Å². The minimum absolute atomic E-state index is 0.0120. The van der Waals surface area contributed by atoms with E-state index in [0.29, 0.717) is 10.6 Å². The van der Waals surface area contributed by atoms with Gasteiger partial charge < -0.3 is 14.8 Å². The van der Waals surface area contributed by atoms with Gasteiger partial charge in [-0.05, 0) is 25.1 Å². The number of esters is 1. The van der Waals surface area contributed by atoms with Crippen molar-refractivity contribution in [2.24, 2.45) is 0 Å². The van der Waals surface area contributed by atoms with Gasteiger partial charge in [0, 0.05) is 29.1 Å². The number of rotatable bonds is 9. The number of nitro benzene ring substituents is 1. The van der Waals surface area contributed by atoms with Crippen LogP contribution >= 0.6 is 11.8 Å². The quantitative estimate of drug-likeness (QED) is 0.296. The second-order valence-corrected chi connectivity index (χ2v) is 6.75. The van der Waals surface area contributed by atoms with Crippen molar-refractivity contribution in [3.05, 3.63) is 64.2 Å². The van der Waals surface area contributed by atoms with Gasteiger partial charge in [0.05, 0.1) is 17.8 Å². The van der Waals surface area contributed by atoms with Gasteiger partial charge in [-0.15, -0.1) is 11.8 Å². The van der Waals surface area contributed by atoms with Crippen LogP contribution in [0.5, 0.6) is 5.75 Å². The number of para-hydroxylation sites is 1. The number of thioether (sulfide) groups is 1. The molecule has 0 heterocycles. The fraction of sp³-hybridized carbons (Fsp3) is 0.263. The summed E-state index contributed by atoms with van der Waals surface area (Å²) in [5.41, 5.74) is 0.790. The Labute approximate surface area is 166 Å². The van der Waals surface area contributed by atoms with Crippen LogP contribution < -0.4 is 10.1 Å². The molecule has 0 saturated heterocycles. The fourth-order valence-corrected chi connectivity index (χ4v) is 2.95. The molecule has 1 amide bonds. The van der Waals surface area contributed by atoms with E-state index in [0.717, 1.165) is 5.56 Å². The molecule has 0 fully saturated rings. The molecule has 0 saturated carbocycles. The van der Waals surface area contributed by atoms with Crippen molar-refractivity contribution in [1.82, 2.24) is 5.32 Å². The number of nitrogens with one attached hydrogen (secondary N) is 1. The molecule has 2 aromatic rings. The highest BCUT2D eigenvalue weighted by Crippen LogP contribution is 2.21. The number of nitrogens with zero attached hydrogens (tertiary/aromatic N) is 1. The normalized spacial score (nSPS) is 11.4. The van der Waals surface area contributed by atoms with Crippen LogP contribution in [0.25, 0.3) is 0 Å². The zero-order valence-corrected chi connectivity index (χ0v) is 16.2. The summed E-state index contributed by atoms with van der Waals surface area (Å²) >= 11 is 1.17. The summed E-state index contributed by atoms with van der Waals surface area (Å²) in [7, 11) is 1.55. The molecule has 0 aliphatic rings. The van der Waals surface area contributed by atoms with Crippen molar-refractivity contribution in [3.63, 3.8) is 0 Å². The molecule has 1 N–H and O–H groups in total. The van der Waals surface area contributed by atoms with Crippen LogP contribution in [0.1, 0.15) is 12.5 Å². The third-order valence-corrected chi connectivity index (χ3v) is 4.71. The average molecular weight is 404 g/mol. The molecule has 0 aliphatic carbocycles. The topological polar surface area (TPSA) is 108 Å². The lowest BCUT2D eigenvalue weighted by Gasteiger charge is -2.14. The molecule has 0 aromatic heterocycles. The Kier molecular flexibility index (Phi) is 7.82. The van der Waals surface area contributed by atoms with E-state index in [9.17, 15) is 19.7 Å². The molecule has 0 radical (unpaired) electrons. The molecule has 2 rings (SSSR count). The number of hydrogen-bond acceptors (Lipinski definition) is 7. The number of carbonyl (C=O) groups excluding carboxylic acids is 2. The fourth-order valence-electron chi connectivity index (χ4n) is 2.27. The number of amides is 1. The van der Waals surface area contributed by atoms with E-state index in [-0.39, 0.29) is 18.0 Å². The van der Waals surface area contributed by atoms with Crippen molar-refractivity contribution >= 4 is 29.3 Å². The van der Waals surface area contributed by atoms with Gasteiger partial charge in [-0.25, -0.2) is 0 Å². The summed E-state index contributed by atoms with van der Waals surface area (Å²) in [6, 6.07) is 13.1. The monoisotopic (exact) mass is 404 g/mol. The van der Waals surface area contributed by atoms with Gasteiger partial charge in [0.15, 0.2) is 6.10 Å². The van der Waals surface area contributed by atoms with Crippen molar-refractivity contribution in [3.8, 4) is 5.75 Å². The third-order valence-electron chi connectivity index (χ3n) is 3.73. The first-order valence-electron chi connectivity index (χ1n) is 8.37. The highest BCUT2D eigenvalue weighted by atomic mass is 32.2. The van der Waals surface area contributed by atoms with Crippen LogP contribution in [0.4, 0.5) is 5.69 Å². The number of methoxy groups -OCH3 is 1. The largest absolute Gasteiger partial charge is 0.496 e. The molecule has 0 aliphatic heterocycles. The van der Waals surface area contributed by atoms with Crippen molar-refractivity contribution < 1.29 is 24.0 Å². The van der Waals surface area contributed by atoms with Gasteiger partial charge in [0.25, 0.3) is 11.6 Å². The SMILES string of the molecule is COc1ccccc1CNC(=O)[C@H](C)OC(=O)CSc1ccc([N+](=O)[O-])cc1. The molecule has 148 valence electrons. The lowest BCUT2D eigenvalue weighted by Crippen LogP contribution is -2.35. The van der Waals surface area contributed by atoms with E-state index in [1.807, 2.05) is 18.2 Å². The molecule has 1 atom stereocenters. The standard InChI is InChI=1S/C19H20N2O6S/c1-13(19(23)20-11-14-5-3-4-6-17(14)26-2)27-18(22)12-28-16-9-7-15(8-10-16)21(24)25/h3-10,13H,11-12H2,1-2H3,(H,20,23)/t13-/m0/s1. The van der Waals surface area contributed by atoms with Gasteiger partial charge in [-0.2, -0.15) is 0 Å². The molecule has 0 bridgehead atoms. The lowest BCUT2D eigenvalue weighted by atomic mass is 10.2. The van der Waals surface area contributed by atoms with Gasteiger partial charge in [0.1, 0.15) is 5.75 Å². The summed E-state index contributed by atoms with van der Waals surface area (Å²) < 4.78 is 10.3. The van der Waals surface area contributed by atoms with E-state index in [2.05, 4.69) is 5.32 Å². The Hall–Kier alpha value is -3.07. The highest BCUT2D eigenvalue weighted by Gasteiger charge is 2.18. The predicted octanol–water partition coefficient (Wildman–Crippen LogP) is 2.94. The summed E-state index contributed by atoms with van der Waals surface area (Å²) in [4.78, 5) is 34.9. The first kappa shape index (κ1) is 21.2. The first-order valence-corrected chi connectivity index (χ1v) is 9.35. The zero-order chi connectivity index (χ0) is 20.5. The highest BCUT2D eigenvalue weighted by molar-refractivity contribution is 8.00. The molecular formula is C19H20N2O6S. The van der Waals surface area contributed by atoms with Gasteiger partial charge >= 0.3 is 5.97 Å². The Morgan fingerprint density at radius 1 is 1.18 bits per heavy atom. The Morgan fingerprint density at radius 3 is 2.50 bits per heavy atom. The van der Waals surface area contributed by atoms with Gasteiger partial charge in [-0.3, -0.25) is 19.7 Å². The summed E-state index contributed by atoms with van der Waals surface area (Å²) in [5.74, 6) is -0.322. The second-order valence-electron chi connectivity index (χ2n) is 5.70. The minimum Gasteiger partial charge on any atom is -0.496 e. The van der Waals surface area contributed by atoms with Crippen LogP contribution in [-0.2, 0) is 20.9 Å². The maximum absolute atomic E-state index is 12.1. The van der Waals surface area contributed by atoms with Crippen LogP contribution in [-0.4, -0.2) is 35.8 Å². The van der Waals surface area contributed by atoms with Crippen LogP contribution in [0.3, 0.4) is 0 Å². The molecule has 0 unspecified atom stereocenters. The second kappa shape index (κ2) is 10.3. The van der Waals surface area contributed by atoms with E-state index in [1.165, 1.54) is 30.8 Å². The van der Waals surface area contributed by atoms with Crippen LogP contribution in [0.15, 0.2) is 53.4 Å². The van der Waals surface area contributed by atoms with Gasteiger partial charge in [0.2, 0.25) is 0 Å². The molecular weight excluding hydrogens is 384 g/mol. The number of hydrogen-bond donors (Lipinski definition) is 1. The number of ether oxygens (including phenoxy) is 2. The number of benzene rings is 2. The molecule has 0 spiro atoms. The van der Waals surface area contributed by atoms with E-state index in [4.69, 9.17) is 9.47 Å². The number of nitro groups is 1.